The molecule has 0 N–H and O–H groups in total. The Hall–Kier alpha value is -3.08. The molecule has 0 atom stereocenters. The lowest BCUT2D eigenvalue weighted by Gasteiger charge is -2.36. The summed E-state index contributed by atoms with van der Waals surface area (Å²) in [5, 5.41) is 0. The second-order valence-corrected chi connectivity index (χ2v) is 7.69. The summed E-state index contributed by atoms with van der Waals surface area (Å²) in [5.41, 5.74) is -0.150. The molecule has 0 spiro atoms. The van der Waals surface area contributed by atoms with Crippen molar-refractivity contribution in [1.29, 1.82) is 0 Å². The third kappa shape index (κ3) is 3.97. The zero-order valence-corrected chi connectivity index (χ0v) is 17.3. The van der Waals surface area contributed by atoms with Crippen LogP contribution in [0.3, 0.4) is 0 Å². The van der Waals surface area contributed by atoms with Gasteiger partial charge >= 0.3 is 11.9 Å². The van der Waals surface area contributed by atoms with Crippen LogP contribution in [0.1, 0.15) is 5.56 Å². The highest BCUT2D eigenvalue weighted by Crippen LogP contribution is 2.31. The van der Waals surface area contributed by atoms with Crippen molar-refractivity contribution in [2.75, 3.05) is 37.6 Å². The van der Waals surface area contributed by atoms with E-state index in [1.54, 1.807) is 24.0 Å². The molecule has 1 aliphatic rings. The number of piperazine rings is 1. The smallest absolute Gasteiger partial charge is 0.369 e. The van der Waals surface area contributed by atoms with Gasteiger partial charge in [-0.3, -0.25) is 18.8 Å². The molecule has 0 bridgehead atoms. The van der Waals surface area contributed by atoms with E-state index >= 15 is 0 Å². The highest BCUT2D eigenvalue weighted by atomic mass is 19.4. The van der Waals surface area contributed by atoms with Crippen molar-refractivity contribution in [1.82, 2.24) is 23.6 Å². The van der Waals surface area contributed by atoms with Gasteiger partial charge in [0.2, 0.25) is 0 Å². The number of alkyl halides is 3. The van der Waals surface area contributed by atoms with Crippen molar-refractivity contribution in [2.24, 2.45) is 14.1 Å². The number of aryl methyl sites for hydroxylation is 1. The lowest BCUT2D eigenvalue weighted by atomic mass is 10.1. The number of fused-ring (bicyclic) bond motifs is 1. The molecule has 0 unspecified atom stereocenters. The monoisotopic (exact) mass is 436 g/mol. The maximum Gasteiger partial charge on any atom is 0.416 e. The highest BCUT2D eigenvalue weighted by molar-refractivity contribution is 5.69. The van der Waals surface area contributed by atoms with Crippen LogP contribution >= 0.6 is 0 Å². The Labute approximate surface area is 175 Å². The van der Waals surface area contributed by atoms with Gasteiger partial charge in [-0.1, -0.05) is 6.07 Å². The minimum atomic E-state index is -4.36. The molecule has 3 heterocycles. The van der Waals surface area contributed by atoms with Gasteiger partial charge in [0.25, 0.3) is 5.56 Å². The summed E-state index contributed by atoms with van der Waals surface area (Å²) in [4.78, 5) is 32.9. The van der Waals surface area contributed by atoms with E-state index in [9.17, 15) is 22.8 Å². The Kier molecular flexibility index (Phi) is 5.38. The summed E-state index contributed by atoms with van der Waals surface area (Å²) in [6.07, 6.45) is -2.80. The third-order valence-electron chi connectivity index (χ3n) is 5.79. The first kappa shape index (κ1) is 21.2. The molecule has 8 nitrogen and oxygen atoms in total. The molecule has 11 heteroatoms. The molecule has 0 saturated carbocycles. The zero-order valence-electron chi connectivity index (χ0n) is 17.3. The maximum absolute atomic E-state index is 13.0. The number of aromatic nitrogens is 4. The average molecular weight is 436 g/mol. The standard InChI is InChI=1S/C20H23F3N6O2/c1-25-17-16(18(30)26(2)19(25)31)29(13-24-17)11-8-27-6-9-28(10-7-27)15-5-3-4-14(12-15)20(21,22)23/h3-5,12-13H,6-11H2,1-2H3. The van der Waals surface area contributed by atoms with Gasteiger partial charge in [-0.05, 0) is 18.2 Å². The quantitative estimate of drug-likeness (QED) is 0.616. The van der Waals surface area contributed by atoms with Crippen LogP contribution in [-0.2, 0) is 26.8 Å². The Morgan fingerprint density at radius 2 is 1.71 bits per heavy atom. The van der Waals surface area contributed by atoms with E-state index in [2.05, 4.69) is 9.88 Å². The number of hydrogen-bond donors (Lipinski definition) is 0. The fourth-order valence-electron chi connectivity index (χ4n) is 3.92. The van der Waals surface area contributed by atoms with E-state index in [4.69, 9.17) is 0 Å². The number of hydrogen-bond acceptors (Lipinski definition) is 5. The van der Waals surface area contributed by atoms with Crippen molar-refractivity contribution < 1.29 is 13.2 Å². The molecule has 3 aromatic rings. The Balaban J connectivity index is 1.42. The van der Waals surface area contributed by atoms with E-state index in [0.29, 0.717) is 56.1 Å². The SMILES string of the molecule is Cn1c(=O)c2c(ncn2CCN2CCN(c3cccc(C(F)(F)F)c3)CC2)n(C)c1=O. The normalized spacial score (nSPS) is 15.7. The molecule has 166 valence electrons. The second kappa shape index (κ2) is 7.88. The average Bonchev–Trinajstić information content (AvgIpc) is 3.19. The predicted molar refractivity (Wildman–Crippen MR) is 110 cm³/mol. The number of imidazole rings is 1. The second-order valence-electron chi connectivity index (χ2n) is 7.69. The maximum atomic E-state index is 13.0. The molecule has 1 aliphatic heterocycles. The number of rotatable bonds is 4. The van der Waals surface area contributed by atoms with Gasteiger partial charge in [-0.2, -0.15) is 13.2 Å². The summed E-state index contributed by atoms with van der Waals surface area (Å²) in [6, 6.07) is 5.40. The number of benzene rings is 1. The number of nitrogens with zero attached hydrogens (tertiary/aromatic N) is 6. The lowest BCUT2D eigenvalue weighted by Crippen LogP contribution is -2.47. The fourth-order valence-corrected chi connectivity index (χ4v) is 3.92. The number of halogens is 3. The fraction of sp³-hybridized carbons (Fsp3) is 0.450. The summed E-state index contributed by atoms with van der Waals surface area (Å²) >= 11 is 0. The molecular weight excluding hydrogens is 413 g/mol. The predicted octanol–water partition coefficient (Wildman–Crippen LogP) is 1.27. The van der Waals surface area contributed by atoms with E-state index in [-0.39, 0.29) is 5.56 Å². The van der Waals surface area contributed by atoms with Gasteiger partial charge in [0.15, 0.2) is 11.2 Å². The van der Waals surface area contributed by atoms with Crippen molar-refractivity contribution in [3.05, 3.63) is 57.0 Å². The molecule has 1 saturated heterocycles. The molecule has 0 amide bonds. The summed E-state index contributed by atoms with van der Waals surface area (Å²) in [6.45, 7) is 3.80. The molecule has 4 rings (SSSR count). The van der Waals surface area contributed by atoms with Crippen LogP contribution in [0, 0.1) is 0 Å². The van der Waals surface area contributed by atoms with Crippen LogP contribution in [0.25, 0.3) is 11.2 Å². The Morgan fingerprint density at radius 3 is 2.39 bits per heavy atom. The number of anilines is 1. The lowest BCUT2D eigenvalue weighted by molar-refractivity contribution is -0.137. The van der Waals surface area contributed by atoms with E-state index in [1.165, 1.54) is 23.7 Å². The van der Waals surface area contributed by atoms with Crippen molar-refractivity contribution >= 4 is 16.9 Å². The van der Waals surface area contributed by atoms with Crippen LogP contribution < -0.4 is 16.1 Å². The molecule has 1 aromatic carbocycles. The van der Waals surface area contributed by atoms with Gasteiger partial charge in [-0.25, -0.2) is 9.78 Å². The Bertz CT molecular complexity index is 1220. The van der Waals surface area contributed by atoms with Crippen molar-refractivity contribution in [2.45, 2.75) is 12.7 Å². The van der Waals surface area contributed by atoms with Gasteiger partial charge in [-0.15, -0.1) is 0 Å². The molecule has 0 radical (unpaired) electrons. The zero-order chi connectivity index (χ0) is 22.3. The van der Waals surface area contributed by atoms with E-state index in [1.807, 2.05) is 4.90 Å². The van der Waals surface area contributed by atoms with E-state index in [0.717, 1.165) is 10.6 Å². The largest absolute Gasteiger partial charge is 0.416 e. The topological polar surface area (TPSA) is 68.3 Å². The highest BCUT2D eigenvalue weighted by Gasteiger charge is 2.31. The van der Waals surface area contributed by atoms with E-state index < -0.39 is 17.4 Å². The molecular formula is C20H23F3N6O2. The van der Waals surface area contributed by atoms with Crippen LogP contribution in [0.4, 0.5) is 18.9 Å². The van der Waals surface area contributed by atoms with Gasteiger partial charge < -0.3 is 9.47 Å². The van der Waals surface area contributed by atoms with Crippen LogP contribution in [0.5, 0.6) is 0 Å². The van der Waals surface area contributed by atoms with Crippen molar-refractivity contribution in [3.8, 4) is 0 Å². The Morgan fingerprint density at radius 1 is 1.00 bits per heavy atom. The summed E-state index contributed by atoms with van der Waals surface area (Å²) in [5.74, 6) is 0. The van der Waals surface area contributed by atoms with Gasteiger partial charge in [0.05, 0.1) is 11.9 Å². The molecule has 1 fully saturated rings. The van der Waals surface area contributed by atoms with Gasteiger partial charge in [0, 0.05) is 59.1 Å². The first-order chi connectivity index (χ1) is 14.7. The van der Waals surface area contributed by atoms with Gasteiger partial charge in [0.1, 0.15) is 0 Å². The van der Waals surface area contributed by atoms with Crippen LogP contribution in [0.15, 0.2) is 40.2 Å². The minimum absolute atomic E-state index is 0.350. The summed E-state index contributed by atoms with van der Waals surface area (Å²) < 4.78 is 43.1. The van der Waals surface area contributed by atoms with Crippen molar-refractivity contribution in [3.63, 3.8) is 0 Å². The first-order valence-electron chi connectivity index (χ1n) is 9.92. The molecule has 2 aromatic heterocycles. The third-order valence-corrected chi connectivity index (χ3v) is 5.79. The van der Waals surface area contributed by atoms with Crippen LogP contribution in [0.2, 0.25) is 0 Å². The first-order valence-corrected chi connectivity index (χ1v) is 9.92. The minimum Gasteiger partial charge on any atom is -0.369 e. The van der Waals surface area contributed by atoms with Crippen LogP contribution in [-0.4, -0.2) is 56.3 Å². The summed E-state index contributed by atoms with van der Waals surface area (Å²) in [7, 11) is 3.02. The molecule has 31 heavy (non-hydrogen) atoms. The molecule has 0 aliphatic carbocycles.